The summed E-state index contributed by atoms with van der Waals surface area (Å²) >= 11 is 12.3. The quantitative estimate of drug-likeness (QED) is 0.563. The SMILES string of the molecule is COc1cc(/C=C/C(=O)N(Cc2c(F)cccc2Cl)C2CC2)cc(Cl)c1OC. The zero-order valence-corrected chi connectivity index (χ0v) is 17.1. The highest BCUT2D eigenvalue weighted by molar-refractivity contribution is 6.32. The van der Waals surface area contributed by atoms with Gasteiger partial charge in [-0.15, -0.1) is 0 Å². The number of rotatable bonds is 7. The second kappa shape index (κ2) is 8.84. The van der Waals surface area contributed by atoms with Crippen molar-refractivity contribution in [3.8, 4) is 11.5 Å². The summed E-state index contributed by atoms with van der Waals surface area (Å²) < 4.78 is 24.6. The van der Waals surface area contributed by atoms with Gasteiger partial charge >= 0.3 is 0 Å². The maximum Gasteiger partial charge on any atom is 0.247 e. The number of benzene rings is 2. The zero-order chi connectivity index (χ0) is 20.3. The van der Waals surface area contributed by atoms with Crippen LogP contribution in [0.15, 0.2) is 36.4 Å². The van der Waals surface area contributed by atoms with Gasteiger partial charge in [-0.2, -0.15) is 0 Å². The first-order valence-electron chi connectivity index (χ1n) is 8.77. The van der Waals surface area contributed by atoms with Crippen LogP contribution in [0.4, 0.5) is 4.39 Å². The minimum atomic E-state index is -0.415. The van der Waals surface area contributed by atoms with Gasteiger partial charge in [0.2, 0.25) is 5.91 Å². The van der Waals surface area contributed by atoms with Gasteiger partial charge in [-0.25, -0.2) is 4.39 Å². The van der Waals surface area contributed by atoms with E-state index in [2.05, 4.69) is 0 Å². The molecule has 1 aliphatic carbocycles. The maximum absolute atomic E-state index is 14.1. The van der Waals surface area contributed by atoms with Crippen LogP contribution in [0.1, 0.15) is 24.0 Å². The summed E-state index contributed by atoms with van der Waals surface area (Å²) in [5.74, 6) is 0.273. The van der Waals surface area contributed by atoms with Crippen LogP contribution < -0.4 is 9.47 Å². The Bertz CT molecular complexity index is 893. The highest BCUT2D eigenvalue weighted by atomic mass is 35.5. The van der Waals surface area contributed by atoms with Crippen LogP contribution in [0.2, 0.25) is 10.0 Å². The predicted octanol–water partition coefficient (Wildman–Crippen LogP) is 5.35. The molecule has 148 valence electrons. The van der Waals surface area contributed by atoms with E-state index in [-0.39, 0.29) is 18.5 Å². The van der Waals surface area contributed by atoms with Gasteiger partial charge in [0.15, 0.2) is 11.5 Å². The fourth-order valence-electron chi connectivity index (χ4n) is 2.92. The molecule has 7 heteroatoms. The fourth-order valence-corrected chi connectivity index (χ4v) is 3.44. The second-order valence-electron chi connectivity index (χ2n) is 6.47. The van der Waals surface area contributed by atoms with Crippen molar-refractivity contribution in [3.63, 3.8) is 0 Å². The Hall–Kier alpha value is -2.24. The molecule has 1 amide bonds. The zero-order valence-electron chi connectivity index (χ0n) is 15.5. The first-order valence-corrected chi connectivity index (χ1v) is 9.53. The van der Waals surface area contributed by atoms with E-state index in [4.69, 9.17) is 32.7 Å². The second-order valence-corrected chi connectivity index (χ2v) is 7.28. The van der Waals surface area contributed by atoms with Crippen LogP contribution in [-0.2, 0) is 11.3 Å². The van der Waals surface area contributed by atoms with Gasteiger partial charge < -0.3 is 14.4 Å². The van der Waals surface area contributed by atoms with E-state index in [0.29, 0.717) is 32.7 Å². The van der Waals surface area contributed by atoms with Gasteiger partial charge in [0, 0.05) is 22.7 Å². The molecule has 1 fully saturated rings. The molecule has 3 rings (SSSR count). The van der Waals surface area contributed by atoms with Crippen LogP contribution in [0.3, 0.4) is 0 Å². The van der Waals surface area contributed by atoms with Crippen LogP contribution in [0.5, 0.6) is 11.5 Å². The van der Waals surface area contributed by atoms with Crippen molar-refractivity contribution in [3.05, 3.63) is 63.4 Å². The largest absolute Gasteiger partial charge is 0.493 e. The van der Waals surface area contributed by atoms with E-state index in [0.717, 1.165) is 12.8 Å². The number of methoxy groups -OCH3 is 2. The average Bonchev–Trinajstić information content (AvgIpc) is 3.50. The monoisotopic (exact) mass is 423 g/mol. The van der Waals surface area contributed by atoms with E-state index >= 15 is 0 Å². The van der Waals surface area contributed by atoms with Crippen molar-refractivity contribution >= 4 is 35.2 Å². The molecule has 0 atom stereocenters. The Morgan fingerprint density at radius 1 is 1.21 bits per heavy atom. The number of carbonyl (C=O) groups excluding carboxylic acids is 1. The number of amides is 1. The molecule has 0 aromatic heterocycles. The lowest BCUT2D eigenvalue weighted by Crippen LogP contribution is -2.31. The van der Waals surface area contributed by atoms with Gasteiger partial charge in [0.05, 0.1) is 25.8 Å². The molecule has 1 aliphatic rings. The van der Waals surface area contributed by atoms with Crippen LogP contribution in [0, 0.1) is 5.82 Å². The summed E-state index contributed by atoms with van der Waals surface area (Å²) in [6, 6.07) is 8.02. The van der Waals surface area contributed by atoms with Gasteiger partial charge in [-0.05, 0) is 48.7 Å². The molecule has 0 aliphatic heterocycles. The Labute approximate surface area is 173 Å². The van der Waals surface area contributed by atoms with Crippen molar-refractivity contribution < 1.29 is 18.7 Å². The van der Waals surface area contributed by atoms with E-state index in [9.17, 15) is 9.18 Å². The third-order valence-corrected chi connectivity index (χ3v) is 5.17. The summed E-state index contributed by atoms with van der Waals surface area (Å²) in [6.07, 6.45) is 4.89. The molecule has 0 bridgehead atoms. The third-order valence-electron chi connectivity index (χ3n) is 4.54. The fraction of sp³-hybridized carbons (Fsp3) is 0.286. The molecular weight excluding hydrogens is 404 g/mol. The van der Waals surface area contributed by atoms with Crippen LogP contribution in [0.25, 0.3) is 6.08 Å². The lowest BCUT2D eigenvalue weighted by molar-refractivity contribution is -0.127. The molecule has 2 aromatic carbocycles. The lowest BCUT2D eigenvalue weighted by atomic mass is 10.1. The molecule has 0 heterocycles. The standard InChI is InChI=1S/C21H20Cl2FNO3/c1-27-19-11-13(10-17(23)21(19)28-2)6-9-20(26)25(14-7-8-14)12-15-16(22)4-3-5-18(15)24/h3-6,9-11,14H,7-8,12H2,1-2H3/b9-6+. The minimum Gasteiger partial charge on any atom is -0.493 e. The third kappa shape index (κ3) is 4.59. The summed E-state index contributed by atoms with van der Waals surface area (Å²) in [6.45, 7) is 0.131. The molecule has 28 heavy (non-hydrogen) atoms. The number of ether oxygens (including phenoxy) is 2. The first-order chi connectivity index (χ1) is 13.4. The number of hydrogen-bond acceptors (Lipinski definition) is 3. The maximum atomic E-state index is 14.1. The average molecular weight is 424 g/mol. The minimum absolute atomic E-state index is 0.0989. The molecule has 0 radical (unpaired) electrons. The summed E-state index contributed by atoms with van der Waals surface area (Å²) in [4.78, 5) is 14.4. The van der Waals surface area contributed by atoms with E-state index in [1.165, 1.54) is 26.4 Å². The van der Waals surface area contributed by atoms with Gasteiger partial charge in [0.1, 0.15) is 5.82 Å². The number of nitrogens with zero attached hydrogens (tertiary/aromatic N) is 1. The Kier molecular flexibility index (Phi) is 6.47. The van der Waals surface area contributed by atoms with Crippen LogP contribution >= 0.6 is 23.2 Å². The predicted molar refractivity (Wildman–Crippen MR) is 109 cm³/mol. The van der Waals surface area contributed by atoms with Crippen LogP contribution in [-0.4, -0.2) is 31.1 Å². The van der Waals surface area contributed by atoms with E-state index in [1.54, 1.807) is 35.2 Å². The number of hydrogen-bond donors (Lipinski definition) is 0. The first kappa shape index (κ1) is 20.5. The van der Waals surface area contributed by atoms with E-state index in [1.807, 2.05) is 0 Å². The molecule has 0 saturated heterocycles. The highest BCUT2D eigenvalue weighted by Gasteiger charge is 2.32. The molecular formula is C21H20Cl2FNO3. The molecule has 0 N–H and O–H groups in total. The smallest absolute Gasteiger partial charge is 0.247 e. The molecule has 4 nitrogen and oxygen atoms in total. The van der Waals surface area contributed by atoms with E-state index < -0.39 is 5.82 Å². The molecule has 0 unspecified atom stereocenters. The van der Waals surface area contributed by atoms with Gasteiger partial charge in [0.25, 0.3) is 0 Å². The molecule has 0 spiro atoms. The van der Waals surface area contributed by atoms with Crippen molar-refractivity contribution in [2.45, 2.75) is 25.4 Å². The lowest BCUT2D eigenvalue weighted by Gasteiger charge is -2.22. The normalized spacial score (nSPS) is 13.6. The van der Waals surface area contributed by atoms with Gasteiger partial charge in [-0.3, -0.25) is 4.79 Å². The number of halogens is 3. The Balaban J connectivity index is 1.81. The highest BCUT2D eigenvalue weighted by Crippen LogP contribution is 2.36. The topological polar surface area (TPSA) is 38.8 Å². The number of carbonyl (C=O) groups is 1. The summed E-state index contributed by atoms with van der Waals surface area (Å²) in [5.41, 5.74) is 1.02. The summed E-state index contributed by atoms with van der Waals surface area (Å²) in [7, 11) is 3.02. The van der Waals surface area contributed by atoms with Crippen molar-refractivity contribution in [1.29, 1.82) is 0 Å². The van der Waals surface area contributed by atoms with Crippen molar-refractivity contribution in [2.75, 3.05) is 14.2 Å². The Morgan fingerprint density at radius 3 is 2.57 bits per heavy atom. The summed E-state index contributed by atoms with van der Waals surface area (Å²) in [5, 5.41) is 0.695. The molecule has 1 saturated carbocycles. The Morgan fingerprint density at radius 2 is 1.96 bits per heavy atom. The van der Waals surface area contributed by atoms with Gasteiger partial charge in [-0.1, -0.05) is 29.3 Å². The molecule has 2 aromatic rings. The van der Waals surface area contributed by atoms with Crippen molar-refractivity contribution in [2.24, 2.45) is 0 Å². The van der Waals surface area contributed by atoms with Crippen molar-refractivity contribution in [1.82, 2.24) is 4.90 Å².